The number of halogens is 3. The third-order valence-corrected chi connectivity index (χ3v) is 5.76. The second kappa shape index (κ2) is 8.68. The minimum Gasteiger partial charge on any atom is -0.489 e. The topological polar surface area (TPSA) is 48.2 Å². The van der Waals surface area contributed by atoms with E-state index in [-0.39, 0.29) is 0 Å². The summed E-state index contributed by atoms with van der Waals surface area (Å²) in [6, 6.07) is 16.8. The summed E-state index contributed by atoms with van der Waals surface area (Å²) in [5.74, 6) is 1.61. The van der Waals surface area contributed by atoms with Gasteiger partial charge in [0.15, 0.2) is 0 Å². The Morgan fingerprint density at radius 3 is 2.27 bits per heavy atom. The molecule has 0 aliphatic carbocycles. The zero-order valence-electron chi connectivity index (χ0n) is 16.2. The molecule has 4 rings (SSSR count). The second-order valence-corrected chi connectivity index (χ2v) is 8.13. The Morgan fingerprint density at radius 1 is 0.900 bits per heavy atom. The number of aromatic nitrogens is 2. The fourth-order valence-corrected chi connectivity index (χ4v) is 3.62. The molecule has 4 aromatic rings. The van der Waals surface area contributed by atoms with E-state index in [0.717, 1.165) is 33.0 Å². The van der Waals surface area contributed by atoms with Crippen molar-refractivity contribution < 1.29 is 9.26 Å². The van der Waals surface area contributed by atoms with E-state index in [4.69, 9.17) is 44.1 Å². The van der Waals surface area contributed by atoms with Crippen LogP contribution < -0.4 is 4.74 Å². The Balaban J connectivity index is 1.47. The Hall–Kier alpha value is -2.53. The predicted molar refractivity (Wildman–Crippen MR) is 120 cm³/mol. The first-order valence-corrected chi connectivity index (χ1v) is 10.3. The molecule has 0 amide bonds. The quantitative estimate of drug-likeness (QED) is 0.309. The van der Waals surface area contributed by atoms with Crippen LogP contribution >= 0.6 is 34.8 Å². The molecule has 0 atom stereocenters. The normalized spacial score (nSPS) is 11.0. The van der Waals surface area contributed by atoms with Crippen LogP contribution in [0.2, 0.25) is 15.1 Å². The molecule has 0 radical (unpaired) electrons. The lowest BCUT2D eigenvalue weighted by atomic mass is 10.1. The summed E-state index contributed by atoms with van der Waals surface area (Å²) < 4.78 is 11.3. The summed E-state index contributed by atoms with van der Waals surface area (Å²) in [6.07, 6.45) is 0. The van der Waals surface area contributed by atoms with Crippen molar-refractivity contribution in [2.45, 2.75) is 20.5 Å². The van der Waals surface area contributed by atoms with E-state index in [0.29, 0.717) is 33.9 Å². The highest BCUT2D eigenvalue weighted by Gasteiger charge is 2.14. The van der Waals surface area contributed by atoms with Crippen molar-refractivity contribution in [1.82, 2.24) is 10.1 Å². The van der Waals surface area contributed by atoms with Crippen molar-refractivity contribution >= 4 is 34.8 Å². The van der Waals surface area contributed by atoms with E-state index in [1.165, 1.54) is 0 Å². The van der Waals surface area contributed by atoms with Crippen LogP contribution in [0.4, 0.5) is 0 Å². The summed E-state index contributed by atoms with van der Waals surface area (Å²) >= 11 is 18.4. The SMILES string of the molecule is Cc1cc(OCc2ccc(-c3nc(-c4ccc(Cl)cc4Cl)no3)cc2)cc(C)c1Cl. The van der Waals surface area contributed by atoms with E-state index < -0.39 is 0 Å². The van der Waals surface area contributed by atoms with Crippen molar-refractivity contribution in [3.8, 4) is 28.6 Å². The largest absolute Gasteiger partial charge is 0.489 e. The van der Waals surface area contributed by atoms with Crippen LogP contribution in [0.5, 0.6) is 5.75 Å². The van der Waals surface area contributed by atoms with Gasteiger partial charge in [0.2, 0.25) is 5.82 Å². The molecule has 0 N–H and O–H groups in total. The standard InChI is InChI=1S/C23H17Cl3N2O2/c1-13-9-18(10-14(2)21(13)26)29-12-15-3-5-16(6-4-15)23-27-22(28-30-23)19-8-7-17(24)11-20(19)25/h3-11H,12H2,1-2H3. The molecule has 3 aromatic carbocycles. The second-order valence-electron chi connectivity index (χ2n) is 6.90. The molecule has 1 heterocycles. The number of benzene rings is 3. The summed E-state index contributed by atoms with van der Waals surface area (Å²) in [6.45, 7) is 4.37. The Labute approximate surface area is 189 Å². The smallest absolute Gasteiger partial charge is 0.258 e. The van der Waals surface area contributed by atoms with Gasteiger partial charge in [-0.2, -0.15) is 4.98 Å². The van der Waals surface area contributed by atoms with Gasteiger partial charge in [-0.25, -0.2) is 0 Å². The molecule has 4 nitrogen and oxygen atoms in total. The molecule has 0 saturated heterocycles. The van der Waals surface area contributed by atoms with Gasteiger partial charge in [0, 0.05) is 21.2 Å². The minimum absolute atomic E-state index is 0.410. The summed E-state index contributed by atoms with van der Waals surface area (Å²) in [5.41, 5.74) is 4.48. The van der Waals surface area contributed by atoms with Crippen molar-refractivity contribution in [2.24, 2.45) is 0 Å². The average molecular weight is 460 g/mol. The van der Waals surface area contributed by atoms with E-state index in [1.807, 2.05) is 50.2 Å². The highest BCUT2D eigenvalue weighted by atomic mass is 35.5. The van der Waals surface area contributed by atoms with Crippen LogP contribution in [0.25, 0.3) is 22.8 Å². The van der Waals surface area contributed by atoms with Crippen molar-refractivity contribution in [3.05, 3.63) is 86.4 Å². The zero-order chi connectivity index (χ0) is 21.3. The van der Waals surface area contributed by atoms with Gasteiger partial charge in [-0.15, -0.1) is 0 Å². The summed E-state index contributed by atoms with van der Waals surface area (Å²) in [5, 5.41) is 5.81. The molecule has 0 spiro atoms. The zero-order valence-corrected chi connectivity index (χ0v) is 18.5. The fourth-order valence-electron chi connectivity index (χ4n) is 3.02. The fraction of sp³-hybridized carbons (Fsp3) is 0.130. The first-order valence-electron chi connectivity index (χ1n) is 9.18. The lowest BCUT2D eigenvalue weighted by Gasteiger charge is -2.10. The van der Waals surface area contributed by atoms with Gasteiger partial charge in [-0.1, -0.05) is 52.1 Å². The third-order valence-electron chi connectivity index (χ3n) is 4.61. The predicted octanol–water partition coefficient (Wildman–Crippen LogP) is 7.56. The third kappa shape index (κ3) is 4.46. The maximum Gasteiger partial charge on any atom is 0.258 e. The monoisotopic (exact) mass is 458 g/mol. The number of aryl methyl sites for hydroxylation is 2. The highest BCUT2D eigenvalue weighted by molar-refractivity contribution is 6.36. The number of hydrogen-bond donors (Lipinski definition) is 0. The van der Waals surface area contributed by atoms with E-state index >= 15 is 0 Å². The summed E-state index contributed by atoms with van der Waals surface area (Å²) in [4.78, 5) is 4.44. The van der Waals surface area contributed by atoms with Gasteiger partial charge in [0.05, 0.1) is 5.02 Å². The first-order chi connectivity index (χ1) is 14.4. The van der Waals surface area contributed by atoms with Crippen molar-refractivity contribution in [3.63, 3.8) is 0 Å². The van der Waals surface area contributed by atoms with Crippen LogP contribution in [0, 0.1) is 13.8 Å². The molecule has 0 fully saturated rings. The van der Waals surface area contributed by atoms with Crippen LogP contribution in [-0.4, -0.2) is 10.1 Å². The van der Waals surface area contributed by atoms with E-state index in [9.17, 15) is 0 Å². The van der Waals surface area contributed by atoms with Crippen LogP contribution in [-0.2, 0) is 6.61 Å². The minimum atomic E-state index is 0.410. The van der Waals surface area contributed by atoms with E-state index in [1.54, 1.807) is 18.2 Å². The van der Waals surface area contributed by atoms with Gasteiger partial charge >= 0.3 is 0 Å². The molecule has 0 aliphatic heterocycles. The van der Waals surface area contributed by atoms with Gasteiger partial charge in [-0.05, 0) is 73.0 Å². The van der Waals surface area contributed by atoms with Crippen LogP contribution in [0.15, 0.2) is 59.1 Å². The molecule has 1 aromatic heterocycles. The Bertz CT molecular complexity index is 1180. The number of rotatable bonds is 5. The lowest BCUT2D eigenvalue weighted by molar-refractivity contribution is 0.306. The van der Waals surface area contributed by atoms with Crippen molar-refractivity contribution in [1.29, 1.82) is 0 Å². The Morgan fingerprint density at radius 2 is 1.60 bits per heavy atom. The van der Waals surface area contributed by atoms with Gasteiger partial charge in [0.25, 0.3) is 5.89 Å². The molecule has 0 bridgehead atoms. The number of hydrogen-bond acceptors (Lipinski definition) is 4. The highest BCUT2D eigenvalue weighted by Crippen LogP contribution is 2.30. The van der Waals surface area contributed by atoms with Crippen molar-refractivity contribution in [2.75, 3.05) is 0 Å². The lowest BCUT2D eigenvalue weighted by Crippen LogP contribution is -1.96. The molecular weight excluding hydrogens is 443 g/mol. The molecule has 7 heteroatoms. The number of ether oxygens (including phenoxy) is 1. The van der Waals surface area contributed by atoms with Gasteiger partial charge in [0.1, 0.15) is 12.4 Å². The maximum absolute atomic E-state index is 6.23. The molecule has 152 valence electrons. The Kier molecular flexibility index (Phi) is 6.00. The summed E-state index contributed by atoms with van der Waals surface area (Å²) in [7, 11) is 0. The van der Waals surface area contributed by atoms with Gasteiger partial charge < -0.3 is 9.26 Å². The molecule has 0 saturated carbocycles. The maximum atomic E-state index is 6.23. The van der Waals surface area contributed by atoms with Crippen LogP contribution in [0.3, 0.4) is 0 Å². The molecular formula is C23H17Cl3N2O2. The molecule has 30 heavy (non-hydrogen) atoms. The molecule has 0 unspecified atom stereocenters. The van der Waals surface area contributed by atoms with E-state index in [2.05, 4.69) is 10.1 Å². The first kappa shape index (κ1) is 20.7. The van der Waals surface area contributed by atoms with Crippen LogP contribution in [0.1, 0.15) is 16.7 Å². The van der Waals surface area contributed by atoms with Gasteiger partial charge in [-0.3, -0.25) is 0 Å². The average Bonchev–Trinajstić information content (AvgIpc) is 3.20. The number of nitrogens with zero attached hydrogens (tertiary/aromatic N) is 2. The molecule has 0 aliphatic rings.